The van der Waals surface area contributed by atoms with Gasteiger partial charge in [-0.25, -0.2) is 4.79 Å². The lowest BCUT2D eigenvalue weighted by Crippen LogP contribution is -2.35. The molecule has 1 aliphatic rings. The lowest BCUT2D eigenvalue weighted by atomic mass is 9.96. The predicted molar refractivity (Wildman–Crippen MR) is 75.6 cm³/mol. The molecule has 110 valence electrons. The van der Waals surface area contributed by atoms with E-state index in [1.54, 1.807) is 11.3 Å². The van der Waals surface area contributed by atoms with Gasteiger partial charge in [-0.3, -0.25) is 4.79 Å². The highest BCUT2D eigenvalue weighted by atomic mass is 32.1. The van der Waals surface area contributed by atoms with Gasteiger partial charge in [-0.05, 0) is 30.2 Å². The lowest BCUT2D eigenvalue weighted by Gasteiger charge is -2.23. The van der Waals surface area contributed by atoms with Gasteiger partial charge in [0.05, 0.1) is 6.04 Å². The fourth-order valence-electron chi connectivity index (χ4n) is 2.63. The van der Waals surface area contributed by atoms with Gasteiger partial charge in [-0.1, -0.05) is 18.9 Å². The second-order valence-electron chi connectivity index (χ2n) is 4.99. The zero-order valence-corrected chi connectivity index (χ0v) is 12.0. The van der Waals surface area contributed by atoms with Crippen LogP contribution >= 0.6 is 11.3 Å². The maximum atomic E-state index is 11.9. The van der Waals surface area contributed by atoms with E-state index in [-0.39, 0.29) is 18.6 Å². The molecule has 1 aromatic rings. The molecule has 1 atom stereocenters. The number of hydrogen-bond acceptors (Lipinski definition) is 4. The number of rotatable bonds is 7. The number of carboxylic acid groups (broad SMARTS) is 1. The minimum atomic E-state index is -1.07. The molecular weight excluding hydrogens is 278 g/mol. The van der Waals surface area contributed by atoms with E-state index in [1.165, 1.54) is 12.8 Å². The highest BCUT2D eigenvalue weighted by molar-refractivity contribution is 7.10. The second-order valence-corrected chi connectivity index (χ2v) is 5.97. The molecule has 1 unspecified atom stereocenters. The summed E-state index contributed by atoms with van der Waals surface area (Å²) in [6, 6.07) is 4.04. The van der Waals surface area contributed by atoms with E-state index in [9.17, 15) is 9.59 Å². The molecule has 1 amide bonds. The summed E-state index contributed by atoms with van der Waals surface area (Å²) in [7, 11) is 0. The average Bonchev–Trinajstić information content (AvgIpc) is 3.09. The number of carboxylic acids is 1. The van der Waals surface area contributed by atoms with E-state index in [1.807, 2.05) is 17.5 Å². The lowest BCUT2D eigenvalue weighted by molar-refractivity contribution is -0.143. The summed E-state index contributed by atoms with van der Waals surface area (Å²) in [6.07, 6.45) is 4.66. The van der Waals surface area contributed by atoms with Crippen LogP contribution < -0.4 is 5.32 Å². The van der Waals surface area contributed by atoms with Crippen LogP contribution in [0.15, 0.2) is 17.5 Å². The van der Waals surface area contributed by atoms with Gasteiger partial charge < -0.3 is 15.2 Å². The minimum Gasteiger partial charge on any atom is -0.480 e. The van der Waals surface area contributed by atoms with Crippen LogP contribution in [0.5, 0.6) is 0 Å². The second kappa shape index (κ2) is 7.40. The molecule has 0 spiro atoms. The van der Waals surface area contributed by atoms with Crippen LogP contribution in [-0.4, -0.2) is 30.2 Å². The van der Waals surface area contributed by atoms with Crippen molar-refractivity contribution in [3.8, 4) is 0 Å². The third-order valence-corrected chi connectivity index (χ3v) is 4.45. The summed E-state index contributed by atoms with van der Waals surface area (Å²) in [5.74, 6) is -0.850. The first-order valence-corrected chi connectivity index (χ1v) is 7.67. The fourth-order valence-corrected chi connectivity index (χ4v) is 3.50. The Morgan fingerprint density at radius 1 is 1.40 bits per heavy atom. The molecule has 5 nitrogen and oxygen atoms in total. The molecule has 1 aromatic heterocycles. The van der Waals surface area contributed by atoms with Gasteiger partial charge in [-0.2, -0.15) is 0 Å². The molecule has 1 saturated carbocycles. The minimum absolute atomic E-state index is 0.0263. The highest BCUT2D eigenvalue weighted by Crippen LogP contribution is 2.37. The maximum absolute atomic E-state index is 11.9. The Kier molecular flexibility index (Phi) is 5.55. The Morgan fingerprint density at radius 2 is 2.15 bits per heavy atom. The molecule has 6 heteroatoms. The summed E-state index contributed by atoms with van der Waals surface area (Å²) in [6.45, 7) is -0.651. The van der Waals surface area contributed by atoms with Crippen LogP contribution in [-0.2, 0) is 14.3 Å². The van der Waals surface area contributed by atoms with Crippen molar-refractivity contribution in [2.75, 3.05) is 13.2 Å². The molecule has 1 heterocycles. The average molecular weight is 297 g/mol. The normalized spacial score (nSPS) is 17.0. The Hall–Kier alpha value is -1.40. The SMILES string of the molecule is O=C(O)COCC(=O)NC(c1cccs1)C1CCCC1. The zero-order chi connectivity index (χ0) is 14.4. The van der Waals surface area contributed by atoms with Gasteiger partial charge in [-0.15, -0.1) is 11.3 Å². The van der Waals surface area contributed by atoms with Gasteiger partial charge in [0, 0.05) is 4.88 Å². The van der Waals surface area contributed by atoms with Gasteiger partial charge in [0.15, 0.2) is 0 Å². The zero-order valence-electron chi connectivity index (χ0n) is 11.2. The van der Waals surface area contributed by atoms with Crippen molar-refractivity contribution in [3.05, 3.63) is 22.4 Å². The summed E-state index contributed by atoms with van der Waals surface area (Å²) >= 11 is 1.64. The fraction of sp³-hybridized carbons (Fsp3) is 0.571. The smallest absolute Gasteiger partial charge is 0.329 e. The molecular formula is C14H19NO4S. The van der Waals surface area contributed by atoms with Crippen molar-refractivity contribution in [2.45, 2.75) is 31.7 Å². The molecule has 2 N–H and O–H groups in total. The monoisotopic (exact) mass is 297 g/mol. The Labute approximate surface area is 121 Å². The molecule has 1 aliphatic carbocycles. The number of carbonyl (C=O) groups excluding carboxylic acids is 1. The first kappa shape index (κ1) is 15.0. The van der Waals surface area contributed by atoms with E-state index in [2.05, 4.69) is 5.32 Å². The van der Waals surface area contributed by atoms with E-state index >= 15 is 0 Å². The maximum Gasteiger partial charge on any atom is 0.329 e. The van der Waals surface area contributed by atoms with Gasteiger partial charge in [0.2, 0.25) is 5.91 Å². The topological polar surface area (TPSA) is 75.6 Å². The van der Waals surface area contributed by atoms with Crippen LogP contribution in [0.3, 0.4) is 0 Å². The van der Waals surface area contributed by atoms with Crippen LogP contribution in [0.25, 0.3) is 0 Å². The molecule has 20 heavy (non-hydrogen) atoms. The van der Waals surface area contributed by atoms with Gasteiger partial charge in [0.1, 0.15) is 13.2 Å². The number of thiophene rings is 1. The summed E-state index contributed by atoms with van der Waals surface area (Å²) in [5, 5.41) is 13.5. The number of amides is 1. The molecule has 2 rings (SSSR count). The van der Waals surface area contributed by atoms with Gasteiger partial charge >= 0.3 is 5.97 Å². The highest BCUT2D eigenvalue weighted by Gasteiger charge is 2.28. The van der Waals surface area contributed by atoms with Crippen molar-refractivity contribution in [1.29, 1.82) is 0 Å². The van der Waals surface area contributed by atoms with E-state index in [0.29, 0.717) is 5.92 Å². The number of ether oxygens (including phenoxy) is 1. The van der Waals surface area contributed by atoms with E-state index in [4.69, 9.17) is 9.84 Å². The predicted octanol–water partition coefficient (Wildman–Crippen LogP) is 2.20. The van der Waals surface area contributed by atoms with Crippen LogP contribution in [0.2, 0.25) is 0 Å². The Balaban J connectivity index is 1.90. The van der Waals surface area contributed by atoms with Crippen LogP contribution in [0.1, 0.15) is 36.6 Å². The number of aliphatic carboxylic acids is 1. The standard InChI is InChI=1S/C14H19NO4S/c16-12(8-19-9-13(17)18)15-14(10-4-1-2-5-10)11-6-3-7-20-11/h3,6-7,10,14H,1-2,4-5,8-9H2,(H,15,16)(H,17,18). The van der Waals surface area contributed by atoms with Crippen molar-refractivity contribution in [3.63, 3.8) is 0 Å². The van der Waals surface area contributed by atoms with Crippen LogP contribution in [0, 0.1) is 5.92 Å². The third kappa shape index (κ3) is 4.31. The van der Waals surface area contributed by atoms with Crippen molar-refractivity contribution in [2.24, 2.45) is 5.92 Å². The van der Waals surface area contributed by atoms with E-state index < -0.39 is 12.6 Å². The van der Waals surface area contributed by atoms with Crippen molar-refractivity contribution < 1.29 is 19.4 Å². The molecule has 0 aromatic carbocycles. The molecule has 0 saturated heterocycles. The molecule has 0 aliphatic heterocycles. The first-order valence-electron chi connectivity index (χ1n) is 6.79. The van der Waals surface area contributed by atoms with Gasteiger partial charge in [0.25, 0.3) is 0 Å². The summed E-state index contributed by atoms with van der Waals surface area (Å²) in [5.41, 5.74) is 0. The molecule has 1 fully saturated rings. The van der Waals surface area contributed by atoms with Crippen molar-refractivity contribution >= 4 is 23.2 Å². The van der Waals surface area contributed by atoms with E-state index in [0.717, 1.165) is 17.7 Å². The van der Waals surface area contributed by atoms with Crippen LogP contribution in [0.4, 0.5) is 0 Å². The molecule has 0 radical (unpaired) electrons. The number of carbonyl (C=O) groups is 2. The third-order valence-electron chi connectivity index (χ3n) is 3.50. The summed E-state index contributed by atoms with van der Waals surface area (Å²) < 4.78 is 4.83. The Bertz CT molecular complexity index is 440. The Morgan fingerprint density at radius 3 is 2.75 bits per heavy atom. The number of hydrogen-bond donors (Lipinski definition) is 2. The first-order chi connectivity index (χ1) is 9.66. The summed E-state index contributed by atoms with van der Waals surface area (Å²) in [4.78, 5) is 23.4. The van der Waals surface area contributed by atoms with Crippen molar-refractivity contribution in [1.82, 2.24) is 5.32 Å². The molecule has 0 bridgehead atoms. The number of nitrogens with one attached hydrogen (secondary N) is 1. The quantitative estimate of drug-likeness (QED) is 0.809. The largest absolute Gasteiger partial charge is 0.480 e.